The first-order chi connectivity index (χ1) is 28.2. The average Bonchev–Trinajstić information content (AvgIpc) is 3.23. The van der Waals surface area contributed by atoms with Crippen LogP contribution in [0.25, 0.3) is 36.5 Å². The van der Waals surface area contributed by atoms with Crippen LogP contribution in [0, 0.1) is 12.8 Å². The lowest BCUT2D eigenvalue weighted by molar-refractivity contribution is 0.737. The van der Waals surface area contributed by atoms with Crippen LogP contribution in [0.3, 0.4) is 0 Å². The zero-order valence-corrected chi connectivity index (χ0v) is 38.9. The molecule has 0 aliphatic heterocycles. The van der Waals surface area contributed by atoms with Gasteiger partial charge >= 0.3 is 0 Å². The van der Waals surface area contributed by atoms with E-state index in [2.05, 4.69) is 259 Å². The minimum absolute atomic E-state index is 0.0234. The van der Waals surface area contributed by atoms with Crippen LogP contribution in [0.15, 0.2) is 155 Å². The molecule has 6 aromatic rings. The fourth-order valence-electron chi connectivity index (χ4n) is 5.70. The predicted octanol–water partition coefficient (Wildman–Crippen LogP) is 17.2. The lowest BCUT2D eigenvalue weighted by Gasteiger charge is -2.26. The van der Waals surface area contributed by atoms with Crippen molar-refractivity contribution in [3.05, 3.63) is 185 Å². The fourth-order valence-corrected chi connectivity index (χ4v) is 7.26. The normalized spacial score (nSPS) is 12.3. The second kappa shape index (κ2) is 23.5. The van der Waals surface area contributed by atoms with Gasteiger partial charge in [-0.15, -0.1) is 0 Å². The fraction of sp³-hybridized carbons (Fsp3) is 0.232. The Hall–Kier alpha value is -5.09. The molecule has 0 N–H and O–H groups in total. The van der Waals surface area contributed by atoms with E-state index < -0.39 is 10.0 Å². The van der Waals surface area contributed by atoms with E-state index in [1.807, 2.05) is 0 Å². The SMILES string of the molecule is C=S(C)c1ccc(/C=C/c2ccc(N(c3ccc(/C=C/c4ccc(C)cc4)cc3)c3ccc(/C=C/c4ccc(S(C)(C)C)cc4)cc3)cc2)cc1.CC(C)C.CCCC. The molecule has 59 heavy (non-hydrogen) atoms. The number of benzene rings is 6. The molecule has 0 bridgehead atoms. The lowest BCUT2D eigenvalue weighted by Crippen LogP contribution is -2.09. The highest BCUT2D eigenvalue weighted by Gasteiger charge is 2.13. The van der Waals surface area contributed by atoms with Crippen molar-refractivity contribution >= 4 is 79.9 Å². The van der Waals surface area contributed by atoms with Gasteiger partial charge in [0.05, 0.1) is 0 Å². The summed E-state index contributed by atoms with van der Waals surface area (Å²) in [6, 6.07) is 52.7. The van der Waals surface area contributed by atoms with Crippen molar-refractivity contribution in [2.45, 2.75) is 64.2 Å². The van der Waals surface area contributed by atoms with Crippen LogP contribution in [0.2, 0.25) is 0 Å². The maximum atomic E-state index is 4.16. The summed E-state index contributed by atoms with van der Waals surface area (Å²) < 4.78 is 0. The number of unbranched alkanes of at least 4 members (excludes halogenated alkanes) is 1. The minimum atomic E-state index is -0.722. The maximum Gasteiger partial charge on any atom is 0.0462 e. The van der Waals surface area contributed by atoms with Gasteiger partial charge in [0.15, 0.2) is 0 Å². The van der Waals surface area contributed by atoms with Gasteiger partial charge in [0.25, 0.3) is 0 Å². The zero-order chi connectivity index (χ0) is 42.8. The summed E-state index contributed by atoms with van der Waals surface area (Å²) in [6.07, 6.45) is 24.9. The lowest BCUT2D eigenvalue weighted by atomic mass is 10.1. The van der Waals surface area contributed by atoms with E-state index >= 15 is 0 Å². The van der Waals surface area contributed by atoms with Crippen molar-refractivity contribution in [2.24, 2.45) is 5.92 Å². The second-order valence-electron chi connectivity index (χ2n) is 16.4. The molecule has 0 heterocycles. The Labute approximate surface area is 362 Å². The molecule has 1 nitrogen and oxygen atoms in total. The minimum Gasteiger partial charge on any atom is -0.311 e. The summed E-state index contributed by atoms with van der Waals surface area (Å²) in [7, 11) is -0.698. The molecule has 0 amide bonds. The molecular weight excluding hydrogens is 751 g/mol. The monoisotopic (exact) mass is 817 g/mol. The maximum absolute atomic E-state index is 4.16. The molecule has 6 rings (SSSR count). The van der Waals surface area contributed by atoms with E-state index in [0.717, 1.165) is 34.1 Å². The molecule has 308 valence electrons. The Kier molecular flexibility index (Phi) is 18.6. The third-order valence-corrected chi connectivity index (χ3v) is 12.1. The Morgan fingerprint density at radius 1 is 0.475 bits per heavy atom. The predicted molar refractivity (Wildman–Crippen MR) is 276 cm³/mol. The van der Waals surface area contributed by atoms with E-state index in [0.29, 0.717) is 0 Å². The number of hydrogen-bond donors (Lipinski definition) is 0. The van der Waals surface area contributed by atoms with E-state index in [1.54, 1.807) is 0 Å². The Balaban J connectivity index is 0.000000882. The van der Waals surface area contributed by atoms with Crippen molar-refractivity contribution in [3.63, 3.8) is 0 Å². The van der Waals surface area contributed by atoms with Crippen molar-refractivity contribution in [1.29, 1.82) is 0 Å². The summed E-state index contributed by atoms with van der Waals surface area (Å²) in [6.45, 7) is 13.0. The van der Waals surface area contributed by atoms with Gasteiger partial charge in [-0.3, -0.25) is 0 Å². The van der Waals surface area contributed by atoms with Crippen LogP contribution >= 0.6 is 20.5 Å². The molecule has 0 fully saturated rings. The number of anilines is 3. The first-order valence-corrected chi connectivity index (χ1v) is 25.5. The van der Waals surface area contributed by atoms with Crippen molar-refractivity contribution in [2.75, 3.05) is 29.9 Å². The molecule has 0 radical (unpaired) electrons. The highest BCUT2D eigenvalue weighted by molar-refractivity contribution is 8.32. The summed E-state index contributed by atoms with van der Waals surface area (Å²) in [4.78, 5) is 5.03. The van der Waals surface area contributed by atoms with Crippen molar-refractivity contribution < 1.29 is 0 Å². The Morgan fingerprint density at radius 3 is 0.983 bits per heavy atom. The van der Waals surface area contributed by atoms with Gasteiger partial charge in [-0.2, -0.15) is 10.5 Å². The van der Waals surface area contributed by atoms with Gasteiger partial charge in [-0.1, -0.05) is 180 Å². The molecule has 6 aromatic carbocycles. The molecule has 0 saturated carbocycles. The average molecular weight is 818 g/mol. The summed E-state index contributed by atoms with van der Waals surface area (Å²) in [5, 5.41) is 0. The van der Waals surface area contributed by atoms with Crippen LogP contribution in [-0.4, -0.2) is 30.9 Å². The van der Waals surface area contributed by atoms with Crippen molar-refractivity contribution in [1.82, 2.24) is 0 Å². The number of rotatable bonds is 12. The molecule has 1 unspecified atom stereocenters. The molecular formula is C56H67NS2. The van der Waals surface area contributed by atoms with E-state index in [9.17, 15) is 0 Å². The quantitative estimate of drug-likeness (QED) is 0.0878. The van der Waals surface area contributed by atoms with Crippen molar-refractivity contribution in [3.8, 4) is 0 Å². The van der Waals surface area contributed by atoms with Gasteiger partial charge in [-0.25, -0.2) is 10.0 Å². The molecule has 0 aromatic heterocycles. The third kappa shape index (κ3) is 15.9. The molecule has 0 spiro atoms. The van der Waals surface area contributed by atoms with E-state index in [-0.39, 0.29) is 10.5 Å². The molecule has 0 aliphatic carbocycles. The van der Waals surface area contributed by atoms with Gasteiger partial charge < -0.3 is 4.90 Å². The van der Waals surface area contributed by atoms with Crippen LogP contribution in [0.1, 0.15) is 86.4 Å². The molecule has 0 aliphatic rings. The van der Waals surface area contributed by atoms with Gasteiger partial charge in [0, 0.05) is 22.0 Å². The Bertz CT molecular complexity index is 2230. The summed E-state index contributed by atoms with van der Waals surface area (Å²) in [5.74, 6) is 4.99. The summed E-state index contributed by atoms with van der Waals surface area (Å²) in [5.41, 5.74) is 11.7. The number of hydrogen-bond acceptors (Lipinski definition) is 1. The molecule has 0 saturated heterocycles. The largest absolute Gasteiger partial charge is 0.311 e. The smallest absolute Gasteiger partial charge is 0.0462 e. The summed E-state index contributed by atoms with van der Waals surface area (Å²) >= 11 is 0. The van der Waals surface area contributed by atoms with Gasteiger partial charge in [0.1, 0.15) is 0 Å². The van der Waals surface area contributed by atoms with E-state index in [1.165, 1.54) is 50.4 Å². The highest BCUT2D eigenvalue weighted by Crippen LogP contribution is 2.45. The van der Waals surface area contributed by atoms with Crippen LogP contribution in [0.5, 0.6) is 0 Å². The molecule has 1 atom stereocenters. The topological polar surface area (TPSA) is 3.24 Å². The second-order valence-corrected chi connectivity index (χ2v) is 22.3. The first-order valence-electron chi connectivity index (χ1n) is 20.8. The highest BCUT2D eigenvalue weighted by atomic mass is 32.3. The van der Waals surface area contributed by atoms with Crippen LogP contribution in [0.4, 0.5) is 17.1 Å². The van der Waals surface area contributed by atoms with Gasteiger partial charge in [0.2, 0.25) is 0 Å². The van der Waals surface area contributed by atoms with Crippen LogP contribution in [-0.2, 0) is 0 Å². The number of nitrogens with zero attached hydrogens (tertiary/aromatic N) is 1. The van der Waals surface area contributed by atoms with Gasteiger partial charge in [-0.05, 0) is 137 Å². The zero-order valence-electron chi connectivity index (χ0n) is 37.3. The van der Waals surface area contributed by atoms with E-state index in [4.69, 9.17) is 0 Å². The van der Waals surface area contributed by atoms with Crippen LogP contribution < -0.4 is 4.90 Å². The number of aryl methyl sites for hydroxylation is 1. The Morgan fingerprint density at radius 2 is 0.729 bits per heavy atom. The first kappa shape index (κ1) is 46.6. The third-order valence-electron chi connectivity index (χ3n) is 9.31. The standard InChI is InChI=1S/C48H47NS2.2C4H10/c1-37-7-9-38(10-8-37)11-12-39-17-27-44(28-18-39)49(45-29-19-40(20-30-45)13-15-42-23-33-47(34-24-42)50(2)3)46-31-21-41(22-32-46)14-16-43-25-35-48(36-26-43)51(4,5)6;1-4(2)3;1-3-4-2/h7-36H,2H2,1,3-6H3;4H,1-3H3;3-4H2,1-2H3/b12-11+,15-13+,16-14+;;. The molecule has 3 heteroatoms.